The molecule has 3 saturated heterocycles. The number of carboxylic acids is 1. The highest BCUT2D eigenvalue weighted by Gasteiger charge is 2.47. The van der Waals surface area contributed by atoms with E-state index >= 15 is 28.8 Å². The lowest BCUT2D eigenvalue weighted by Crippen LogP contribution is -2.62. The number of thioether (sulfide) groups is 1. The van der Waals surface area contributed by atoms with E-state index in [1.807, 2.05) is 32.0 Å². The van der Waals surface area contributed by atoms with Gasteiger partial charge in [0.1, 0.15) is 78.3 Å². The van der Waals surface area contributed by atoms with Crippen LogP contribution in [-0.2, 0) is 101 Å². The number of aromatic amines is 1. The van der Waals surface area contributed by atoms with E-state index in [2.05, 4.69) is 52.8 Å². The number of hydrogen-bond donors (Lipinski definition) is 17. The van der Waals surface area contributed by atoms with Crippen molar-refractivity contribution < 1.29 is 102 Å². The molecule has 5 heterocycles. The monoisotopic (exact) mass is 1800 g/mol. The summed E-state index contributed by atoms with van der Waals surface area (Å²) in [6.45, 7) is 4.87. The summed E-state index contributed by atoms with van der Waals surface area (Å²) in [5.41, 5.74) is 19.9. The predicted octanol–water partition coefficient (Wildman–Crippen LogP) is -1.82. The van der Waals surface area contributed by atoms with Crippen molar-refractivity contribution in [3.05, 3.63) is 101 Å². The van der Waals surface area contributed by atoms with Crippen LogP contribution < -0.4 is 65.1 Å². The van der Waals surface area contributed by atoms with Crippen molar-refractivity contribution in [2.75, 3.05) is 72.0 Å². The number of ketones is 1. The fourth-order valence-electron chi connectivity index (χ4n) is 15.8. The van der Waals surface area contributed by atoms with Crippen molar-refractivity contribution in [2.45, 2.75) is 216 Å². The topological polar surface area (TPSA) is 589 Å². The van der Waals surface area contributed by atoms with Crippen molar-refractivity contribution in [3.8, 4) is 5.75 Å². The van der Waals surface area contributed by atoms with E-state index in [0.29, 0.717) is 58.7 Å². The largest absolute Gasteiger partial charge is 0.508 e. The Labute approximate surface area is 743 Å². The van der Waals surface area contributed by atoms with Gasteiger partial charge in [-0.25, -0.2) is 0 Å². The van der Waals surface area contributed by atoms with Crippen LogP contribution in [0.3, 0.4) is 0 Å². The van der Waals surface area contributed by atoms with E-state index in [9.17, 15) is 73.2 Å². The molecule has 3 aliphatic heterocycles. The number of aromatic hydroxyl groups is 1. The van der Waals surface area contributed by atoms with Gasteiger partial charge < -0.3 is 115 Å². The molecular weight excluding hydrogens is 1690 g/mol. The fourth-order valence-corrected chi connectivity index (χ4v) is 17.6. The second kappa shape index (κ2) is 47.8. The lowest BCUT2D eigenvalue weighted by Gasteiger charge is -2.36. The van der Waals surface area contributed by atoms with E-state index < -0.39 is 248 Å². The molecular formula is C86H120N18O21S2. The van der Waals surface area contributed by atoms with Crippen LogP contribution >= 0.6 is 23.1 Å². The van der Waals surface area contributed by atoms with E-state index in [0.717, 1.165) is 41.0 Å². The van der Waals surface area contributed by atoms with Crippen molar-refractivity contribution in [3.63, 3.8) is 0 Å². The van der Waals surface area contributed by atoms with Crippen LogP contribution in [0.15, 0.2) is 84.4 Å². The molecule has 5 aromatic rings. The molecule has 15 amide bonds. The number of fused-ring (bicyclic) bond motifs is 4. The number of hydrogen-bond acceptors (Lipinski definition) is 24. The Bertz CT molecular complexity index is 4780. The van der Waals surface area contributed by atoms with Gasteiger partial charge in [-0.05, 0) is 96.7 Å². The van der Waals surface area contributed by atoms with Crippen LogP contribution in [0, 0.1) is 11.8 Å². The number of phenols is 1. The Morgan fingerprint density at radius 1 is 0.598 bits per heavy atom. The molecule has 0 bridgehead atoms. The Morgan fingerprint density at radius 2 is 1.16 bits per heavy atom. The van der Waals surface area contributed by atoms with E-state index in [1.54, 1.807) is 55.8 Å². The molecule has 20 N–H and O–H groups in total. The van der Waals surface area contributed by atoms with Gasteiger partial charge in [0.05, 0.1) is 43.4 Å². The molecule has 39 nitrogen and oxygen atoms in total. The van der Waals surface area contributed by atoms with Crippen LogP contribution in [-0.4, -0.2) is 307 Å². The van der Waals surface area contributed by atoms with Crippen molar-refractivity contribution in [1.82, 2.24) is 77.3 Å². The Kier molecular flexibility index (Phi) is 37.9. The Hall–Kier alpha value is -11.7. The second-order valence-electron chi connectivity index (χ2n) is 32.8. The van der Waals surface area contributed by atoms with Gasteiger partial charge >= 0.3 is 5.97 Å². The van der Waals surface area contributed by atoms with Crippen molar-refractivity contribution in [1.29, 1.82) is 0 Å². The molecule has 127 heavy (non-hydrogen) atoms. The average molecular weight is 1810 g/mol. The maximum absolute atomic E-state index is 15.6. The van der Waals surface area contributed by atoms with E-state index in [-0.39, 0.29) is 76.0 Å². The molecule has 0 saturated carbocycles. The number of aromatic nitrogens is 1. The standard InChI is InChI=1S/C86H120N18O21S2/c1-9-11-21-65-79(118)96-62(38-88)77(116)99-64(74(113)91-40-71(89)109)44-126-45-72(110)92-59(31-48-25-27-52(106)28-26-48)83(122)100(6)47(5)69(108)34-49(35-73(111)112)82(121)103-29-17-23-66(103)80(119)97-61(37-87)76(115)94-58(30-46(3)4)85(124)104-41-53(107)36-68(104)81(120)93-57(32-50-39-90-56-20-15-13-18-54(50)56)75(114)98-63(42-105)78(117)95-60(33-51-43-127-70-24-16-14-19-55(51)70)84(123)102(8)67(22-12-10-2)86(125)101(65)7/h13-16,18-20,24-28,39,43,46-47,49,53,57-68,90,105-107H,9-12,17,21-23,29-38,40-42,44-45,87-88H2,1-8H3,(H2,89,109)(H,91,113)(H,92,110)(H,93,120)(H,94,115)(H,95,117)(H,96,118)(H,97,119)(H,98,114)(H,99,116)(H,111,112)/t47-,49-,53+,57-,58-,59-,60-,61-,62-,63-,64-,65-,66-,67-,68-/m0/s1. The normalized spacial score (nSPS) is 25.7. The number of H-pyrrole nitrogens is 1. The second-order valence-corrected chi connectivity index (χ2v) is 34.8. The maximum atomic E-state index is 15.6. The third-order valence-electron chi connectivity index (χ3n) is 23.0. The average Bonchev–Trinajstić information content (AvgIpc) is 1.72. The van der Waals surface area contributed by atoms with Gasteiger partial charge in [0, 0.05) is 107 Å². The third kappa shape index (κ3) is 27.4. The number of aliphatic hydroxyl groups excluding tert-OH is 2. The van der Waals surface area contributed by atoms with Crippen LogP contribution in [0.5, 0.6) is 5.75 Å². The first-order chi connectivity index (χ1) is 60.4. The van der Waals surface area contributed by atoms with Crippen molar-refractivity contribution >= 4 is 144 Å². The molecule has 0 spiro atoms. The number of amides is 15. The number of thiophene rings is 1. The van der Waals surface area contributed by atoms with Crippen LogP contribution in [0.1, 0.15) is 128 Å². The number of carboxylic acid groups (broad SMARTS) is 1. The molecule has 15 atom stereocenters. The van der Waals surface area contributed by atoms with Gasteiger partial charge in [-0.15, -0.1) is 23.1 Å². The number of rotatable bonds is 22. The summed E-state index contributed by atoms with van der Waals surface area (Å²) in [5.74, 6) is -19.5. The summed E-state index contributed by atoms with van der Waals surface area (Å²) < 4.78 is 0.817. The molecule has 2 aromatic heterocycles. The third-order valence-corrected chi connectivity index (χ3v) is 25.0. The highest BCUT2D eigenvalue weighted by molar-refractivity contribution is 8.00. The number of primary amides is 1. The number of nitrogens with one attached hydrogen (secondary N) is 10. The summed E-state index contributed by atoms with van der Waals surface area (Å²) in [6.07, 6.45) is -0.856. The number of likely N-dealkylation sites (N-methyl/N-ethyl adjacent to an activating group) is 3. The predicted molar refractivity (Wildman–Crippen MR) is 470 cm³/mol. The number of unbranched alkanes of at least 4 members (excludes halogenated alkanes) is 2. The number of nitrogens with zero attached hydrogens (tertiary/aromatic N) is 5. The maximum Gasteiger partial charge on any atom is 0.304 e. The van der Waals surface area contributed by atoms with Gasteiger partial charge in [0.15, 0.2) is 5.78 Å². The van der Waals surface area contributed by atoms with Crippen LogP contribution in [0.4, 0.5) is 0 Å². The molecule has 8 rings (SSSR count). The number of aliphatic hydroxyl groups is 2. The number of nitrogens with two attached hydrogens (primary N) is 3. The Balaban J connectivity index is 1.16. The number of aliphatic carboxylic acids is 1. The first kappa shape index (κ1) is 101. The summed E-state index contributed by atoms with van der Waals surface area (Å²) in [6, 6.07) is -0.115. The zero-order valence-electron chi connectivity index (χ0n) is 72.6. The quantitative estimate of drug-likeness (QED) is 0.0363. The van der Waals surface area contributed by atoms with Gasteiger partial charge in [0.2, 0.25) is 88.6 Å². The lowest BCUT2D eigenvalue weighted by atomic mass is 9.93. The summed E-state index contributed by atoms with van der Waals surface area (Å²) in [4.78, 5) is 255. The van der Waals surface area contributed by atoms with E-state index in [1.165, 1.54) is 63.7 Å². The minimum absolute atomic E-state index is 0.00473. The first-order valence-electron chi connectivity index (χ1n) is 42.6. The smallest absolute Gasteiger partial charge is 0.304 e. The number of carbonyl (C=O) groups is 17. The number of carbonyl (C=O) groups excluding carboxylic acids is 16. The van der Waals surface area contributed by atoms with Crippen LogP contribution in [0.2, 0.25) is 0 Å². The highest BCUT2D eigenvalue weighted by atomic mass is 32.2. The summed E-state index contributed by atoms with van der Waals surface area (Å²) in [5, 5.41) is 69.3. The van der Waals surface area contributed by atoms with Gasteiger partial charge in [0.25, 0.3) is 0 Å². The fraction of sp³-hybridized carbons (Fsp3) is 0.547. The van der Waals surface area contributed by atoms with Crippen molar-refractivity contribution in [2.24, 2.45) is 29.0 Å². The SMILES string of the molecule is CCCC[C@H]1C(=O)N(C)[C@@H](CCCC)C(=O)N[C@@H](CN)C(=O)N[C@H](C(=O)NCC(N)=O)CSCC(=O)N[C@@H](Cc2ccc(O)cc2)C(=O)N(C)[C@@H](C)C(=O)C[C@@H](CC(=O)O)C(=O)N2CCC[C@H]2C(=O)N[C@@H](CN)C(=O)N[C@@H](CC(C)C)C(=O)N2C[C@H](O)C[C@H]2C(=O)N[C@@H](Cc2c[nH]c3ccccc23)C(=O)N[C@@H](CO)C(=O)N[C@@H](Cc2csc3ccccc23)C(=O)N1C. The molecule has 3 fully saturated rings. The number of Topliss-reactive ketones (excluding diaryl/α,β-unsaturated/α-hetero) is 1. The summed E-state index contributed by atoms with van der Waals surface area (Å²) in [7, 11) is 3.91. The summed E-state index contributed by atoms with van der Waals surface area (Å²) >= 11 is 2.11. The molecule has 0 aliphatic carbocycles. The molecule has 41 heteroatoms. The highest BCUT2D eigenvalue weighted by Crippen LogP contribution is 2.31. The molecule has 3 aromatic carbocycles. The van der Waals surface area contributed by atoms with E-state index in [4.69, 9.17) is 17.2 Å². The molecule has 3 aliphatic rings. The minimum atomic E-state index is -1.87. The minimum Gasteiger partial charge on any atom is -0.508 e. The molecule has 0 unspecified atom stereocenters. The lowest BCUT2D eigenvalue weighted by molar-refractivity contribution is -0.149. The van der Waals surface area contributed by atoms with Crippen LogP contribution in [0.25, 0.3) is 21.0 Å². The zero-order valence-corrected chi connectivity index (χ0v) is 74.2. The number of para-hydroxylation sites is 1. The number of benzene rings is 3. The zero-order chi connectivity index (χ0) is 93.2. The number of phenolic OH excluding ortho intramolecular Hbond substituents is 1. The molecule has 0 radical (unpaired) electrons. The van der Waals surface area contributed by atoms with Gasteiger partial charge in [-0.2, -0.15) is 0 Å². The van der Waals surface area contributed by atoms with Gasteiger partial charge in [-0.3, -0.25) is 81.5 Å². The molecule has 692 valence electrons. The first-order valence-corrected chi connectivity index (χ1v) is 44.6. The van der Waals surface area contributed by atoms with Gasteiger partial charge in [-0.1, -0.05) is 102 Å². The Morgan fingerprint density at radius 3 is 1.80 bits per heavy atom.